The van der Waals surface area contributed by atoms with Gasteiger partial charge in [0.2, 0.25) is 11.8 Å². The molecule has 9 nitrogen and oxygen atoms in total. The normalized spacial score (nSPS) is 10.6. The molecule has 0 fully saturated rings. The average Bonchev–Trinajstić information content (AvgIpc) is 3.27. The summed E-state index contributed by atoms with van der Waals surface area (Å²) >= 11 is 1.29. The quantitative estimate of drug-likeness (QED) is 0.365. The number of hydrogen-bond acceptors (Lipinski definition) is 7. The van der Waals surface area contributed by atoms with E-state index in [-0.39, 0.29) is 24.1 Å². The summed E-state index contributed by atoms with van der Waals surface area (Å²) in [6, 6.07) is 13.1. The number of unbranched alkanes of at least 4 members (excludes halogenated alkanes) is 1. The van der Waals surface area contributed by atoms with Crippen molar-refractivity contribution in [3.63, 3.8) is 0 Å². The van der Waals surface area contributed by atoms with Crippen molar-refractivity contribution in [3.05, 3.63) is 48.0 Å². The summed E-state index contributed by atoms with van der Waals surface area (Å²) in [5.74, 6) is 1.59. The average molecular weight is 498 g/mol. The Morgan fingerprint density at radius 3 is 2.49 bits per heavy atom. The second-order valence-corrected chi connectivity index (χ2v) is 8.80. The largest absolute Gasteiger partial charge is 0.497 e. The highest BCUT2D eigenvalue weighted by molar-refractivity contribution is 7.99. The van der Waals surface area contributed by atoms with E-state index in [0.29, 0.717) is 16.6 Å². The van der Waals surface area contributed by atoms with Crippen LogP contribution in [-0.2, 0) is 16.1 Å². The van der Waals surface area contributed by atoms with Gasteiger partial charge in [0.15, 0.2) is 11.0 Å². The van der Waals surface area contributed by atoms with Crippen LogP contribution in [0, 0.1) is 6.92 Å². The number of ether oxygens (including phenoxy) is 2. The van der Waals surface area contributed by atoms with Gasteiger partial charge in [0, 0.05) is 12.1 Å². The molecule has 0 bridgehead atoms. The van der Waals surface area contributed by atoms with Gasteiger partial charge >= 0.3 is 0 Å². The molecule has 0 unspecified atom stereocenters. The zero-order valence-corrected chi connectivity index (χ0v) is 21.3. The maximum atomic E-state index is 12.4. The number of aryl methyl sites for hydroxylation is 1. The molecule has 0 radical (unpaired) electrons. The molecular weight excluding hydrogens is 466 g/mol. The van der Waals surface area contributed by atoms with Gasteiger partial charge in [0.1, 0.15) is 11.5 Å². The highest BCUT2D eigenvalue weighted by Gasteiger charge is 2.16. The third-order valence-electron chi connectivity index (χ3n) is 5.21. The highest BCUT2D eigenvalue weighted by Crippen LogP contribution is 2.27. The van der Waals surface area contributed by atoms with Crippen LogP contribution in [0.3, 0.4) is 0 Å². The van der Waals surface area contributed by atoms with Gasteiger partial charge in [0.25, 0.3) is 0 Å². The van der Waals surface area contributed by atoms with Crippen LogP contribution < -0.4 is 20.1 Å². The second kappa shape index (κ2) is 12.8. The van der Waals surface area contributed by atoms with Crippen molar-refractivity contribution in [3.8, 4) is 22.9 Å². The summed E-state index contributed by atoms with van der Waals surface area (Å²) in [5.41, 5.74) is 2.48. The van der Waals surface area contributed by atoms with Crippen molar-refractivity contribution >= 4 is 29.3 Å². The predicted octanol–water partition coefficient (Wildman–Crippen LogP) is 3.92. The van der Waals surface area contributed by atoms with Crippen LogP contribution in [0.25, 0.3) is 11.4 Å². The van der Waals surface area contributed by atoms with E-state index in [1.54, 1.807) is 20.3 Å². The standard InChI is InChI=1S/C25H31N5O4S/c1-5-6-13-30-24(18-8-10-19(33-3)11-9-18)28-29-25(30)35-16-23(32)26-15-22(31)27-20-14-17(2)7-12-21(20)34-4/h7-12,14H,5-6,13,15-16H2,1-4H3,(H,26,32)(H,27,31). The Hall–Kier alpha value is -3.53. The molecule has 2 amide bonds. The lowest BCUT2D eigenvalue weighted by Gasteiger charge is -2.12. The van der Waals surface area contributed by atoms with Crippen LogP contribution in [0.15, 0.2) is 47.6 Å². The molecule has 0 spiro atoms. The van der Waals surface area contributed by atoms with E-state index in [2.05, 4.69) is 27.8 Å². The Morgan fingerprint density at radius 2 is 1.80 bits per heavy atom. The lowest BCUT2D eigenvalue weighted by atomic mass is 10.2. The molecule has 0 atom stereocenters. The van der Waals surface area contributed by atoms with Crippen LogP contribution in [-0.4, -0.2) is 53.1 Å². The predicted molar refractivity (Wildman–Crippen MR) is 137 cm³/mol. The van der Waals surface area contributed by atoms with Crippen molar-refractivity contribution < 1.29 is 19.1 Å². The number of rotatable bonds is 12. The van der Waals surface area contributed by atoms with E-state index in [4.69, 9.17) is 9.47 Å². The van der Waals surface area contributed by atoms with Gasteiger partial charge in [-0.1, -0.05) is 31.2 Å². The fourth-order valence-corrected chi connectivity index (χ4v) is 4.14. The smallest absolute Gasteiger partial charge is 0.243 e. The van der Waals surface area contributed by atoms with Crippen molar-refractivity contribution in [2.75, 3.05) is 31.8 Å². The highest BCUT2D eigenvalue weighted by atomic mass is 32.2. The maximum Gasteiger partial charge on any atom is 0.243 e. The first-order chi connectivity index (χ1) is 16.9. The van der Waals surface area contributed by atoms with E-state index < -0.39 is 0 Å². The molecule has 0 saturated heterocycles. The number of aromatic nitrogens is 3. The summed E-state index contributed by atoms with van der Waals surface area (Å²) in [4.78, 5) is 24.7. The molecular formula is C25H31N5O4S. The molecule has 0 saturated carbocycles. The third-order valence-corrected chi connectivity index (χ3v) is 6.17. The number of anilines is 1. The first-order valence-corrected chi connectivity index (χ1v) is 12.3. The zero-order chi connectivity index (χ0) is 25.2. The second-order valence-electron chi connectivity index (χ2n) is 7.86. The number of carbonyl (C=O) groups is 2. The Bertz CT molecular complexity index is 1150. The Labute approximate surface area is 209 Å². The molecule has 3 rings (SSSR count). The van der Waals surface area contributed by atoms with E-state index >= 15 is 0 Å². The van der Waals surface area contributed by atoms with Crippen LogP contribution in [0.1, 0.15) is 25.3 Å². The van der Waals surface area contributed by atoms with Crippen LogP contribution in [0.5, 0.6) is 11.5 Å². The molecule has 2 aromatic carbocycles. The van der Waals surface area contributed by atoms with Crippen LogP contribution in [0.2, 0.25) is 0 Å². The third kappa shape index (κ3) is 7.22. The summed E-state index contributed by atoms with van der Waals surface area (Å²) < 4.78 is 12.5. The summed E-state index contributed by atoms with van der Waals surface area (Å²) in [6.07, 6.45) is 1.98. The fraction of sp³-hybridized carbons (Fsp3) is 0.360. The van der Waals surface area contributed by atoms with E-state index in [9.17, 15) is 9.59 Å². The zero-order valence-electron chi connectivity index (χ0n) is 20.5. The molecule has 0 aliphatic heterocycles. The molecule has 35 heavy (non-hydrogen) atoms. The van der Waals surface area contributed by atoms with Crippen molar-refractivity contribution in [1.82, 2.24) is 20.1 Å². The van der Waals surface area contributed by atoms with E-state index in [1.807, 2.05) is 47.9 Å². The van der Waals surface area contributed by atoms with Crippen molar-refractivity contribution in [2.24, 2.45) is 0 Å². The van der Waals surface area contributed by atoms with Gasteiger partial charge in [0.05, 0.1) is 32.2 Å². The number of benzene rings is 2. The fourth-order valence-electron chi connectivity index (χ4n) is 3.34. The molecule has 3 aromatic rings. The topological polar surface area (TPSA) is 107 Å². The Kier molecular flexibility index (Phi) is 9.54. The van der Waals surface area contributed by atoms with Gasteiger partial charge in [-0.3, -0.25) is 9.59 Å². The lowest BCUT2D eigenvalue weighted by Crippen LogP contribution is -2.34. The SMILES string of the molecule is CCCCn1c(SCC(=O)NCC(=O)Nc2cc(C)ccc2OC)nnc1-c1ccc(OC)cc1. The minimum atomic E-state index is -0.333. The number of amides is 2. The Balaban J connectivity index is 1.58. The maximum absolute atomic E-state index is 12.4. The van der Waals surface area contributed by atoms with Gasteiger partial charge in [-0.15, -0.1) is 10.2 Å². The number of methoxy groups -OCH3 is 2. The van der Waals surface area contributed by atoms with Gasteiger partial charge in [-0.2, -0.15) is 0 Å². The molecule has 2 N–H and O–H groups in total. The molecule has 1 aromatic heterocycles. The van der Waals surface area contributed by atoms with Gasteiger partial charge in [-0.25, -0.2) is 0 Å². The van der Waals surface area contributed by atoms with Crippen LogP contribution >= 0.6 is 11.8 Å². The minimum absolute atomic E-state index is 0.119. The van der Waals surface area contributed by atoms with Gasteiger partial charge in [-0.05, 0) is 55.3 Å². The molecule has 1 heterocycles. The number of nitrogens with zero attached hydrogens (tertiary/aromatic N) is 3. The minimum Gasteiger partial charge on any atom is -0.497 e. The molecule has 186 valence electrons. The molecule has 10 heteroatoms. The number of nitrogens with one attached hydrogen (secondary N) is 2. The lowest BCUT2D eigenvalue weighted by molar-refractivity contribution is -0.122. The van der Waals surface area contributed by atoms with Crippen molar-refractivity contribution in [2.45, 2.75) is 38.4 Å². The summed E-state index contributed by atoms with van der Waals surface area (Å²) in [6.45, 7) is 4.65. The van der Waals surface area contributed by atoms with Crippen LogP contribution in [0.4, 0.5) is 5.69 Å². The number of hydrogen-bond donors (Lipinski definition) is 2. The number of carbonyl (C=O) groups excluding carboxylic acids is 2. The van der Waals surface area contributed by atoms with Gasteiger partial charge < -0.3 is 24.7 Å². The number of thioether (sulfide) groups is 1. The van der Waals surface area contributed by atoms with Crippen molar-refractivity contribution in [1.29, 1.82) is 0 Å². The first kappa shape index (κ1) is 26.1. The van der Waals surface area contributed by atoms with E-state index in [1.165, 1.54) is 11.8 Å². The monoisotopic (exact) mass is 497 g/mol. The van der Waals surface area contributed by atoms with E-state index in [0.717, 1.165) is 42.1 Å². The molecule has 0 aliphatic rings. The Morgan fingerprint density at radius 1 is 1.03 bits per heavy atom. The first-order valence-electron chi connectivity index (χ1n) is 11.4. The molecule has 0 aliphatic carbocycles. The summed E-state index contributed by atoms with van der Waals surface area (Å²) in [7, 11) is 3.17. The summed E-state index contributed by atoms with van der Waals surface area (Å²) in [5, 5.41) is 14.8.